The zero-order valence-corrected chi connectivity index (χ0v) is 14.5. The monoisotopic (exact) mass is 338 g/mol. The van der Waals surface area contributed by atoms with Crippen LogP contribution in [-0.4, -0.2) is 30.4 Å². The largest absolute Gasteiger partial charge is 0.468 e. The quantitative estimate of drug-likeness (QED) is 0.871. The van der Waals surface area contributed by atoms with Crippen LogP contribution in [0, 0.1) is 0 Å². The minimum absolute atomic E-state index is 0.0915. The number of nitrogens with one attached hydrogen (secondary N) is 1. The molecule has 0 saturated heterocycles. The van der Waals surface area contributed by atoms with E-state index in [1.807, 2.05) is 42.5 Å². The molecule has 1 amide bonds. The fourth-order valence-electron chi connectivity index (χ4n) is 3.31. The molecule has 0 bridgehead atoms. The van der Waals surface area contributed by atoms with E-state index < -0.39 is 0 Å². The van der Waals surface area contributed by atoms with Gasteiger partial charge in [0.2, 0.25) is 5.91 Å². The van der Waals surface area contributed by atoms with Crippen molar-refractivity contribution >= 4 is 17.6 Å². The Morgan fingerprint density at radius 2 is 1.88 bits per heavy atom. The van der Waals surface area contributed by atoms with E-state index in [0.717, 1.165) is 29.8 Å². The summed E-state index contributed by atoms with van der Waals surface area (Å²) in [5, 5.41) is 2.76. The molecule has 2 aromatic carbocycles. The highest BCUT2D eigenvalue weighted by Crippen LogP contribution is 2.32. The van der Waals surface area contributed by atoms with Gasteiger partial charge in [-0.2, -0.15) is 0 Å². The average molecular weight is 338 g/mol. The Hall–Kier alpha value is -2.66. The van der Waals surface area contributed by atoms with Crippen LogP contribution in [0.15, 0.2) is 48.5 Å². The number of rotatable bonds is 4. The lowest BCUT2D eigenvalue weighted by Gasteiger charge is -2.35. The van der Waals surface area contributed by atoms with E-state index in [1.165, 1.54) is 19.6 Å². The van der Waals surface area contributed by atoms with Crippen LogP contribution in [0.5, 0.6) is 0 Å². The van der Waals surface area contributed by atoms with Crippen LogP contribution in [-0.2, 0) is 27.3 Å². The smallest absolute Gasteiger partial charge is 0.327 e. The summed E-state index contributed by atoms with van der Waals surface area (Å²) < 4.78 is 5.05. The number of fused-ring (bicyclic) bond motifs is 1. The van der Waals surface area contributed by atoms with E-state index in [2.05, 4.69) is 16.3 Å². The zero-order chi connectivity index (χ0) is 17.8. The number of nitrogens with zero attached hydrogens (tertiary/aromatic N) is 1. The van der Waals surface area contributed by atoms with Gasteiger partial charge in [0.15, 0.2) is 0 Å². The second-order valence-corrected chi connectivity index (χ2v) is 6.22. The molecule has 0 spiro atoms. The molecule has 0 saturated carbocycles. The molecular formula is C20H22N2O3. The van der Waals surface area contributed by atoms with Crippen molar-refractivity contribution in [1.82, 2.24) is 4.90 Å². The average Bonchev–Trinajstić information content (AvgIpc) is 2.62. The minimum Gasteiger partial charge on any atom is -0.468 e. The van der Waals surface area contributed by atoms with Crippen molar-refractivity contribution in [3.8, 4) is 0 Å². The van der Waals surface area contributed by atoms with Crippen LogP contribution < -0.4 is 5.32 Å². The van der Waals surface area contributed by atoms with Crippen LogP contribution in [0.25, 0.3) is 0 Å². The first kappa shape index (κ1) is 17.2. The summed E-state index contributed by atoms with van der Waals surface area (Å²) in [6.07, 6.45) is 0.910. The molecule has 0 aliphatic carbocycles. The van der Waals surface area contributed by atoms with Crippen LogP contribution in [0.1, 0.15) is 29.7 Å². The van der Waals surface area contributed by atoms with Gasteiger partial charge in [-0.05, 0) is 35.2 Å². The second-order valence-electron chi connectivity index (χ2n) is 6.22. The predicted molar refractivity (Wildman–Crippen MR) is 96.1 cm³/mol. The van der Waals surface area contributed by atoms with Crippen LogP contribution in [0.2, 0.25) is 0 Å². The fourth-order valence-corrected chi connectivity index (χ4v) is 3.31. The second kappa shape index (κ2) is 7.49. The van der Waals surface area contributed by atoms with Gasteiger partial charge in [0.25, 0.3) is 0 Å². The molecule has 0 aromatic heterocycles. The number of benzene rings is 2. The maximum atomic E-state index is 12.4. The lowest BCUT2D eigenvalue weighted by molar-refractivity contribution is -0.148. The van der Waals surface area contributed by atoms with E-state index in [0.29, 0.717) is 6.54 Å². The van der Waals surface area contributed by atoms with Crippen molar-refractivity contribution < 1.29 is 14.3 Å². The van der Waals surface area contributed by atoms with E-state index in [4.69, 9.17) is 4.74 Å². The van der Waals surface area contributed by atoms with E-state index >= 15 is 0 Å². The molecule has 5 heteroatoms. The highest BCUT2D eigenvalue weighted by atomic mass is 16.5. The molecular weight excluding hydrogens is 316 g/mol. The molecule has 0 fully saturated rings. The van der Waals surface area contributed by atoms with Crippen molar-refractivity contribution in [2.75, 3.05) is 19.0 Å². The van der Waals surface area contributed by atoms with Gasteiger partial charge < -0.3 is 10.1 Å². The Morgan fingerprint density at radius 3 is 2.56 bits per heavy atom. The van der Waals surface area contributed by atoms with Crippen molar-refractivity contribution in [2.24, 2.45) is 0 Å². The van der Waals surface area contributed by atoms with Crippen molar-refractivity contribution in [1.29, 1.82) is 0 Å². The van der Waals surface area contributed by atoms with Gasteiger partial charge in [-0.3, -0.25) is 9.69 Å². The Kier molecular flexibility index (Phi) is 5.14. The van der Waals surface area contributed by atoms with Crippen LogP contribution in [0.3, 0.4) is 0 Å². The van der Waals surface area contributed by atoms with Crippen molar-refractivity contribution in [3.63, 3.8) is 0 Å². The lowest BCUT2D eigenvalue weighted by Crippen LogP contribution is -2.39. The highest BCUT2D eigenvalue weighted by molar-refractivity contribution is 5.88. The number of carbonyl (C=O) groups excluding carboxylic acids is 2. The number of hydrogen-bond donors (Lipinski definition) is 1. The summed E-state index contributed by atoms with van der Waals surface area (Å²) in [6.45, 7) is 2.93. The van der Waals surface area contributed by atoms with E-state index in [-0.39, 0.29) is 17.9 Å². The molecule has 1 N–H and O–H groups in total. The molecule has 2 aromatic rings. The van der Waals surface area contributed by atoms with E-state index in [1.54, 1.807) is 0 Å². The van der Waals surface area contributed by atoms with Crippen LogP contribution in [0.4, 0.5) is 5.69 Å². The fraction of sp³-hybridized carbons (Fsp3) is 0.300. The van der Waals surface area contributed by atoms with Gasteiger partial charge in [0.05, 0.1) is 7.11 Å². The summed E-state index contributed by atoms with van der Waals surface area (Å²) in [7, 11) is 1.43. The normalized spacial score (nSPS) is 16.8. The van der Waals surface area contributed by atoms with Gasteiger partial charge in [-0.1, -0.05) is 36.4 Å². The first-order chi connectivity index (χ1) is 12.1. The Balaban J connectivity index is 1.81. The number of hydrogen-bond acceptors (Lipinski definition) is 4. The molecule has 1 heterocycles. The maximum Gasteiger partial charge on any atom is 0.327 e. The Labute approximate surface area is 147 Å². The summed E-state index contributed by atoms with van der Waals surface area (Å²) in [4.78, 5) is 25.6. The molecule has 1 aliphatic rings. The number of methoxy groups -OCH3 is 1. The van der Waals surface area contributed by atoms with Gasteiger partial charge in [-0.25, -0.2) is 4.79 Å². The molecule has 130 valence electrons. The Morgan fingerprint density at radius 1 is 1.16 bits per heavy atom. The van der Waals surface area contributed by atoms with Crippen LogP contribution >= 0.6 is 0 Å². The SMILES string of the molecule is COC(=O)C1c2ccccc2CCN1Cc1ccc(NC(C)=O)cc1. The number of ether oxygens (including phenoxy) is 1. The molecule has 25 heavy (non-hydrogen) atoms. The third kappa shape index (κ3) is 3.88. The predicted octanol–water partition coefficient (Wildman–Crippen LogP) is 2.92. The zero-order valence-electron chi connectivity index (χ0n) is 14.5. The van der Waals surface area contributed by atoms with Gasteiger partial charge >= 0.3 is 5.97 Å². The maximum absolute atomic E-state index is 12.4. The number of anilines is 1. The minimum atomic E-state index is -0.384. The topological polar surface area (TPSA) is 58.6 Å². The lowest BCUT2D eigenvalue weighted by atomic mass is 9.92. The molecule has 1 unspecified atom stereocenters. The summed E-state index contributed by atoms with van der Waals surface area (Å²) in [5.74, 6) is -0.326. The van der Waals surface area contributed by atoms with Gasteiger partial charge in [0, 0.05) is 25.7 Å². The van der Waals surface area contributed by atoms with Crippen molar-refractivity contribution in [2.45, 2.75) is 25.9 Å². The summed E-state index contributed by atoms with van der Waals surface area (Å²) >= 11 is 0. The van der Waals surface area contributed by atoms with Gasteiger partial charge in [0.1, 0.15) is 6.04 Å². The summed E-state index contributed by atoms with van der Waals surface area (Å²) in [6, 6.07) is 15.4. The molecule has 3 rings (SSSR count). The molecule has 0 radical (unpaired) electrons. The molecule has 1 aliphatic heterocycles. The number of amides is 1. The highest BCUT2D eigenvalue weighted by Gasteiger charge is 2.33. The van der Waals surface area contributed by atoms with E-state index in [9.17, 15) is 9.59 Å². The number of carbonyl (C=O) groups is 2. The van der Waals surface area contributed by atoms with Gasteiger partial charge in [-0.15, -0.1) is 0 Å². The van der Waals surface area contributed by atoms with Crippen molar-refractivity contribution in [3.05, 3.63) is 65.2 Å². The Bertz CT molecular complexity index is 771. The third-order valence-electron chi connectivity index (χ3n) is 4.47. The first-order valence-corrected chi connectivity index (χ1v) is 8.34. The molecule has 1 atom stereocenters. The molecule has 5 nitrogen and oxygen atoms in total. The summed E-state index contributed by atoms with van der Waals surface area (Å²) in [5.41, 5.74) is 4.08. The number of esters is 1. The standard InChI is InChI=1S/C20H22N2O3/c1-14(23)21-17-9-7-15(8-10-17)13-22-12-11-16-5-3-4-6-18(16)19(22)20(24)25-2/h3-10,19H,11-13H2,1-2H3,(H,21,23). The third-order valence-corrected chi connectivity index (χ3v) is 4.47. The first-order valence-electron chi connectivity index (χ1n) is 8.34.